The number of carbonyl (C=O) groups is 1. The molecule has 5 nitrogen and oxygen atoms in total. The first-order chi connectivity index (χ1) is 12.4. The molecule has 1 aromatic carbocycles. The lowest BCUT2D eigenvalue weighted by molar-refractivity contribution is -0.113. The molecule has 26 heavy (non-hydrogen) atoms. The molecule has 0 aliphatic rings. The summed E-state index contributed by atoms with van der Waals surface area (Å²) in [5.41, 5.74) is 2.75. The average Bonchev–Trinajstić information content (AvgIpc) is 2.88. The Balaban J connectivity index is 1.72. The summed E-state index contributed by atoms with van der Waals surface area (Å²) in [6.45, 7) is 8.09. The van der Waals surface area contributed by atoms with Gasteiger partial charge in [-0.3, -0.25) is 9.59 Å². The zero-order valence-electron chi connectivity index (χ0n) is 15.2. The van der Waals surface area contributed by atoms with E-state index in [1.54, 1.807) is 0 Å². The lowest BCUT2D eigenvalue weighted by Gasteiger charge is -2.13. The first kappa shape index (κ1) is 18.7. The highest BCUT2D eigenvalue weighted by molar-refractivity contribution is 7.99. The maximum Gasteiger partial charge on any atom is 0.260 e. The quantitative estimate of drug-likeness (QED) is 0.501. The second kappa shape index (κ2) is 7.63. The number of nitrogens with one attached hydrogen (secondary N) is 2. The van der Waals surface area contributed by atoms with E-state index in [4.69, 9.17) is 0 Å². The highest BCUT2D eigenvalue weighted by Crippen LogP contribution is 2.27. The minimum Gasteiger partial charge on any atom is -0.325 e. The molecule has 0 fully saturated rings. The van der Waals surface area contributed by atoms with Crippen molar-refractivity contribution in [2.24, 2.45) is 0 Å². The van der Waals surface area contributed by atoms with Crippen LogP contribution >= 0.6 is 23.1 Å². The number of rotatable bonds is 5. The number of nitrogens with zero attached hydrogens (tertiary/aromatic N) is 1. The van der Waals surface area contributed by atoms with Gasteiger partial charge in [0.15, 0.2) is 5.16 Å². The largest absolute Gasteiger partial charge is 0.325 e. The highest BCUT2D eigenvalue weighted by Gasteiger charge is 2.14. The predicted molar refractivity (Wildman–Crippen MR) is 110 cm³/mol. The standard InChI is InChI=1S/C19H21N3O2S2/c1-10(2)13-7-5-6-8-14(13)20-15(23)9-25-19-21-17(24)16-11(3)12(4)26-18(16)22-19/h5-8,10H,9H2,1-4H3,(H,20,23)(H,21,22,24). The van der Waals surface area contributed by atoms with Gasteiger partial charge in [-0.25, -0.2) is 4.98 Å². The van der Waals surface area contributed by atoms with Gasteiger partial charge in [0.05, 0.1) is 11.1 Å². The molecule has 0 saturated heterocycles. The molecular weight excluding hydrogens is 366 g/mol. The fourth-order valence-electron chi connectivity index (χ4n) is 2.74. The Hall–Kier alpha value is -2.12. The number of anilines is 1. The number of thiophene rings is 1. The van der Waals surface area contributed by atoms with Crippen LogP contribution in [0, 0.1) is 13.8 Å². The normalized spacial score (nSPS) is 11.3. The molecule has 0 aliphatic heterocycles. The first-order valence-electron chi connectivity index (χ1n) is 8.38. The lowest BCUT2D eigenvalue weighted by atomic mass is 10.0. The van der Waals surface area contributed by atoms with Crippen LogP contribution in [0.25, 0.3) is 10.2 Å². The van der Waals surface area contributed by atoms with E-state index in [0.29, 0.717) is 16.5 Å². The van der Waals surface area contributed by atoms with E-state index < -0.39 is 0 Å². The predicted octanol–water partition coefficient (Wildman–Crippen LogP) is 4.46. The van der Waals surface area contributed by atoms with E-state index in [9.17, 15) is 9.59 Å². The topological polar surface area (TPSA) is 74.8 Å². The van der Waals surface area contributed by atoms with Crippen LogP contribution in [-0.2, 0) is 4.79 Å². The summed E-state index contributed by atoms with van der Waals surface area (Å²) >= 11 is 2.74. The lowest BCUT2D eigenvalue weighted by Crippen LogP contribution is -2.16. The fraction of sp³-hybridized carbons (Fsp3) is 0.316. The maximum absolute atomic E-state index is 12.3. The van der Waals surface area contributed by atoms with Gasteiger partial charge in [0, 0.05) is 10.6 Å². The maximum atomic E-state index is 12.3. The van der Waals surface area contributed by atoms with Crippen LogP contribution in [0.3, 0.4) is 0 Å². The first-order valence-corrected chi connectivity index (χ1v) is 10.2. The number of amides is 1. The molecule has 0 radical (unpaired) electrons. The fourth-order valence-corrected chi connectivity index (χ4v) is 4.49. The van der Waals surface area contributed by atoms with Crippen LogP contribution in [-0.4, -0.2) is 21.6 Å². The highest BCUT2D eigenvalue weighted by atomic mass is 32.2. The summed E-state index contributed by atoms with van der Waals surface area (Å²) in [5.74, 6) is 0.388. The van der Waals surface area contributed by atoms with E-state index in [-0.39, 0.29) is 17.2 Å². The Labute approximate surface area is 160 Å². The molecule has 136 valence electrons. The number of aromatic amines is 1. The van der Waals surface area contributed by atoms with E-state index in [2.05, 4.69) is 29.1 Å². The van der Waals surface area contributed by atoms with Gasteiger partial charge in [-0.15, -0.1) is 11.3 Å². The Kier molecular flexibility index (Phi) is 5.48. The van der Waals surface area contributed by atoms with Gasteiger partial charge in [0.2, 0.25) is 5.91 Å². The van der Waals surface area contributed by atoms with Gasteiger partial charge < -0.3 is 10.3 Å². The summed E-state index contributed by atoms with van der Waals surface area (Å²) in [6, 6.07) is 7.79. The van der Waals surface area contributed by atoms with Gasteiger partial charge in [-0.1, -0.05) is 43.8 Å². The van der Waals surface area contributed by atoms with Gasteiger partial charge in [0.1, 0.15) is 4.83 Å². The van der Waals surface area contributed by atoms with Gasteiger partial charge in [0.25, 0.3) is 5.56 Å². The number of aromatic nitrogens is 2. The van der Waals surface area contributed by atoms with Crippen molar-refractivity contribution >= 4 is 44.9 Å². The van der Waals surface area contributed by atoms with Crippen LogP contribution in [0.2, 0.25) is 0 Å². The molecule has 7 heteroatoms. The second-order valence-corrected chi connectivity index (χ2v) is 8.58. The van der Waals surface area contributed by atoms with Gasteiger partial charge in [-0.05, 0) is 37.0 Å². The van der Waals surface area contributed by atoms with Crippen molar-refractivity contribution in [2.75, 3.05) is 11.1 Å². The third-order valence-electron chi connectivity index (χ3n) is 4.21. The number of carbonyl (C=O) groups excluding carboxylic acids is 1. The van der Waals surface area contributed by atoms with Crippen LogP contribution < -0.4 is 10.9 Å². The number of benzene rings is 1. The van der Waals surface area contributed by atoms with Crippen molar-refractivity contribution in [3.05, 3.63) is 50.6 Å². The minimum absolute atomic E-state index is 0.121. The molecule has 3 aromatic rings. The molecule has 0 saturated carbocycles. The second-order valence-electron chi connectivity index (χ2n) is 6.41. The number of para-hydroxylation sites is 1. The van der Waals surface area contributed by atoms with Crippen molar-refractivity contribution in [1.82, 2.24) is 9.97 Å². The molecule has 0 atom stereocenters. The average molecular weight is 388 g/mol. The van der Waals surface area contributed by atoms with E-state index in [1.807, 2.05) is 38.1 Å². The van der Waals surface area contributed by atoms with E-state index >= 15 is 0 Å². The summed E-state index contributed by atoms with van der Waals surface area (Å²) in [6.07, 6.45) is 0. The minimum atomic E-state index is -0.148. The van der Waals surface area contributed by atoms with Crippen molar-refractivity contribution in [3.8, 4) is 0 Å². The molecular formula is C19H21N3O2S2. The number of fused-ring (bicyclic) bond motifs is 1. The summed E-state index contributed by atoms with van der Waals surface area (Å²) in [7, 11) is 0. The van der Waals surface area contributed by atoms with Gasteiger partial charge in [-0.2, -0.15) is 0 Å². The molecule has 0 unspecified atom stereocenters. The number of hydrogen-bond donors (Lipinski definition) is 2. The van der Waals surface area contributed by atoms with Crippen LogP contribution in [0.4, 0.5) is 5.69 Å². The van der Waals surface area contributed by atoms with E-state index in [1.165, 1.54) is 23.1 Å². The summed E-state index contributed by atoms with van der Waals surface area (Å²) in [5, 5.41) is 4.06. The zero-order chi connectivity index (χ0) is 18.8. The van der Waals surface area contributed by atoms with Crippen molar-refractivity contribution < 1.29 is 4.79 Å². The molecule has 2 aromatic heterocycles. The SMILES string of the molecule is Cc1sc2nc(SCC(=O)Nc3ccccc3C(C)C)[nH]c(=O)c2c1C. The molecule has 2 heterocycles. The van der Waals surface area contributed by atoms with Crippen molar-refractivity contribution in [1.29, 1.82) is 0 Å². The van der Waals surface area contributed by atoms with Crippen molar-refractivity contribution in [3.63, 3.8) is 0 Å². The Bertz CT molecular complexity index is 1020. The zero-order valence-corrected chi connectivity index (χ0v) is 16.8. The molecule has 3 rings (SSSR count). The third kappa shape index (κ3) is 3.83. The van der Waals surface area contributed by atoms with Crippen LogP contribution in [0.5, 0.6) is 0 Å². The van der Waals surface area contributed by atoms with Gasteiger partial charge >= 0.3 is 0 Å². The molecule has 2 N–H and O–H groups in total. The van der Waals surface area contributed by atoms with Crippen LogP contribution in [0.1, 0.15) is 35.8 Å². The number of H-pyrrole nitrogens is 1. The number of aryl methyl sites for hydroxylation is 2. The molecule has 0 spiro atoms. The molecule has 1 amide bonds. The van der Waals surface area contributed by atoms with Crippen LogP contribution in [0.15, 0.2) is 34.2 Å². The number of thioether (sulfide) groups is 1. The summed E-state index contributed by atoms with van der Waals surface area (Å²) in [4.78, 5) is 33.7. The Morgan fingerprint density at radius 3 is 2.77 bits per heavy atom. The molecule has 0 aliphatic carbocycles. The molecule has 0 bridgehead atoms. The monoisotopic (exact) mass is 387 g/mol. The Morgan fingerprint density at radius 1 is 1.31 bits per heavy atom. The number of hydrogen-bond acceptors (Lipinski definition) is 5. The van der Waals surface area contributed by atoms with Crippen molar-refractivity contribution in [2.45, 2.75) is 38.8 Å². The Morgan fingerprint density at radius 2 is 2.04 bits per heavy atom. The van der Waals surface area contributed by atoms with E-state index in [0.717, 1.165) is 26.5 Å². The summed E-state index contributed by atoms with van der Waals surface area (Å²) < 4.78 is 0. The smallest absolute Gasteiger partial charge is 0.260 e. The third-order valence-corrected chi connectivity index (χ3v) is 6.19.